The molecule has 0 aliphatic heterocycles. The van der Waals surface area contributed by atoms with Gasteiger partial charge in [0.2, 0.25) is 0 Å². The van der Waals surface area contributed by atoms with Crippen LogP contribution in [-0.2, 0) is 4.79 Å². The molecule has 0 amide bonds. The van der Waals surface area contributed by atoms with E-state index in [1.165, 1.54) is 102 Å². The lowest BCUT2D eigenvalue weighted by molar-refractivity contribution is -0.111. The summed E-state index contributed by atoms with van der Waals surface area (Å²) in [7, 11) is 3.77. The maximum absolute atomic E-state index is 11.7. The predicted molar refractivity (Wildman–Crippen MR) is 118 cm³/mol. The van der Waals surface area contributed by atoms with E-state index >= 15 is 0 Å². The summed E-state index contributed by atoms with van der Waals surface area (Å²) in [6, 6.07) is 0. The average Bonchev–Trinajstić information content (AvgIpc) is 2.58. The number of nitrogens with zero attached hydrogens (tertiary/aromatic N) is 1. The first-order valence-electron chi connectivity index (χ1n) is 10.5. The van der Waals surface area contributed by atoms with Gasteiger partial charge in [0.1, 0.15) is 4.32 Å². The summed E-state index contributed by atoms with van der Waals surface area (Å²) in [4.78, 5) is 13.6. The van der Waals surface area contributed by atoms with Crippen LogP contribution < -0.4 is 0 Å². The molecule has 0 aromatic carbocycles. The Hall–Kier alpha value is -0.0900. The van der Waals surface area contributed by atoms with Crippen LogP contribution in [0, 0.1) is 0 Å². The summed E-state index contributed by atoms with van der Waals surface area (Å²) in [5.74, 6) is 0. The van der Waals surface area contributed by atoms with Gasteiger partial charge in [-0.2, -0.15) is 0 Å². The SMILES string of the molecule is CCCCCCCCCCCCCCCCCC(=O)SC(=S)N(C)C. The maximum atomic E-state index is 11.7. The Morgan fingerprint density at radius 2 is 1.08 bits per heavy atom. The van der Waals surface area contributed by atoms with Crippen LogP contribution in [0.15, 0.2) is 0 Å². The number of hydrogen-bond acceptors (Lipinski definition) is 3. The van der Waals surface area contributed by atoms with Crippen LogP contribution in [0.25, 0.3) is 0 Å². The van der Waals surface area contributed by atoms with E-state index in [1.807, 2.05) is 19.0 Å². The molecule has 0 aromatic heterocycles. The van der Waals surface area contributed by atoms with E-state index in [0.717, 1.165) is 6.42 Å². The molecule has 0 radical (unpaired) electrons. The Kier molecular flexibility index (Phi) is 18.6. The summed E-state index contributed by atoms with van der Waals surface area (Å²) in [6.45, 7) is 2.28. The molecule has 148 valence electrons. The summed E-state index contributed by atoms with van der Waals surface area (Å²) in [6.07, 6.45) is 21.0. The molecule has 4 heteroatoms. The van der Waals surface area contributed by atoms with Crippen molar-refractivity contribution in [2.24, 2.45) is 0 Å². The van der Waals surface area contributed by atoms with Crippen LogP contribution in [-0.4, -0.2) is 28.4 Å². The Balaban J connectivity index is 3.19. The maximum Gasteiger partial charge on any atom is 0.195 e. The molecule has 0 aliphatic carbocycles. The second-order valence-electron chi connectivity index (χ2n) is 7.33. The van der Waals surface area contributed by atoms with Crippen LogP contribution in [0.5, 0.6) is 0 Å². The van der Waals surface area contributed by atoms with Crippen LogP contribution in [0.1, 0.15) is 110 Å². The highest BCUT2D eigenvalue weighted by Crippen LogP contribution is 2.16. The van der Waals surface area contributed by atoms with E-state index in [2.05, 4.69) is 6.92 Å². The zero-order valence-corrected chi connectivity index (χ0v) is 18.6. The minimum atomic E-state index is 0.216. The highest BCUT2D eigenvalue weighted by Gasteiger charge is 2.08. The fraction of sp³-hybridized carbons (Fsp3) is 0.905. The summed E-state index contributed by atoms with van der Waals surface area (Å²) < 4.78 is 0.672. The van der Waals surface area contributed by atoms with E-state index in [-0.39, 0.29) is 5.12 Å². The molecule has 0 N–H and O–H groups in total. The summed E-state index contributed by atoms with van der Waals surface area (Å²) >= 11 is 6.35. The number of rotatable bonds is 16. The van der Waals surface area contributed by atoms with Crippen LogP contribution in [0.3, 0.4) is 0 Å². The van der Waals surface area contributed by atoms with Crippen molar-refractivity contribution in [1.82, 2.24) is 4.90 Å². The molecule has 0 aromatic rings. The monoisotopic (exact) mass is 387 g/mol. The smallest absolute Gasteiger partial charge is 0.195 e. The van der Waals surface area contributed by atoms with Crippen LogP contribution in [0.4, 0.5) is 0 Å². The molecule has 0 fully saturated rings. The molecule has 0 rings (SSSR count). The molecule has 0 saturated carbocycles. The second-order valence-corrected chi connectivity index (χ2v) is 9.03. The first-order valence-corrected chi connectivity index (χ1v) is 11.7. The van der Waals surface area contributed by atoms with Gasteiger partial charge in [-0.05, 0) is 18.2 Å². The standard InChI is InChI=1S/C21H41NOS2/c1-4-5-6-7-8-9-10-11-12-13-14-15-16-17-18-19-20(23)25-21(24)22(2)3/h4-19H2,1-3H3. The molecule has 2 nitrogen and oxygen atoms in total. The highest BCUT2D eigenvalue weighted by molar-refractivity contribution is 8.32. The second kappa shape index (κ2) is 18.7. The van der Waals surface area contributed by atoms with Crippen molar-refractivity contribution in [3.8, 4) is 0 Å². The van der Waals surface area contributed by atoms with Crippen molar-refractivity contribution in [1.29, 1.82) is 0 Å². The van der Waals surface area contributed by atoms with Gasteiger partial charge in [-0.1, -0.05) is 109 Å². The third-order valence-electron chi connectivity index (χ3n) is 4.55. The number of thioether (sulfide) groups is 1. The minimum absolute atomic E-state index is 0.216. The molecule has 0 saturated heterocycles. The van der Waals surface area contributed by atoms with Gasteiger partial charge in [-0.15, -0.1) is 0 Å². The minimum Gasteiger partial charge on any atom is -0.363 e. The van der Waals surface area contributed by atoms with E-state index in [9.17, 15) is 4.79 Å². The van der Waals surface area contributed by atoms with Gasteiger partial charge < -0.3 is 4.90 Å². The Morgan fingerprint density at radius 1 is 0.720 bits per heavy atom. The number of carbonyl (C=O) groups excluding carboxylic acids is 1. The van der Waals surface area contributed by atoms with Crippen molar-refractivity contribution in [3.05, 3.63) is 0 Å². The summed E-state index contributed by atoms with van der Waals surface area (Å²) in [5.41, 5.74) is 0. The van der Waals surface area contributed by atoms with Crippen molar-refractivity contribution in [2.45, 2.75) is 110 Å². The molecule has 0 heterocycles. The molecular weight excluding hydrogens is 346 g/mol. The summed E-state index contributed by atoms with van der Waals surface area (Å²) in [5, 5.41) is 0.216. The lowest BCUT2D eigenvalue weighted by Gasteiger charge is -2.11. The fourth-order valence-corrected chi connectivity index (χ4v) is 3.78. The third-order valence-corrected chi connectivity index (χ3v) is 6.14. The molecular formula is C21H41NOS2. The van der Waals surface area contributed by atoms with Gasteiger partial charge in [-0.25, -0.2) is 0 Å². The van der Waals surface area contributed by atoms with E-state index in [0.29, 0.717) is 10.7 Å². The zero-order valence-electron chi connectivity index (χ0n) is 17.0. The largest absolute Gasteiger partial charge is 0.363 e. The molecule has 0 bridgehead atoms. The van der Waals surface area contributed by atoms with E-state index in [1.54, 1.807) is 0 Å². The zero-order chi connectivity index (χ0) is 18.8. The molecule has 0 spiro atoms. The first kappa shape index (κ1) is 24.9. The lowest BCUT2D eigenvalue weighted by atomic mass is 10.0. The molecule has 25 heavy (non-hydrogen) atoms. The van der Waals surface area contributed by atoms with Crippen molar-refractivity contribution in [2.75, 3.05) is 14.1 Å². The Labute approximate surface area is 166 Å². The van der Waals surface area contributed by atoms with Crippen LogP contribution >= 0.6 is 24.0 Å². The molecule has 0 unspecified atom stereocenters. The number of carbonyl (C=O) groups is 1. The number of unbranched alkanes of at least 4 members (excludes halogenated alkanes) is 14. The topological polar surface area (TPSA) is 20.3 Å². The van der Waals surface area contributed by atoms with Crippen molar-refractivity contribution < 1.29 is 4.79 Å². The predicted octanol–water partition coefficient (Wildman–Crippen LogP) is 7.35. The number of thiocarbonyl (C=S) groups is 1. The fourth-order valence-electron chi connectivity index (χ4n) is 2.88. The molecule has 0 aliphatic rings. The normalized spacial score (nSPS) is 10.8. The van der Waals surface area contributed by atoms with E-state index in [4.69, 9.17) is 12.2 Å². The van der Waals surface area contributed by atoms with Crippen molar-refractivity contribution >= 4 is 33.4 Å². The Morgan fingerprint density at radius 3 is 1.44 bits per heavy atom. The third kappa shape index (κ3) is 18.5. The highest BCUT2D eigenvalue weighted by atomic mass is 32.2. The van der Waals surface area contributed by atoms with Gasteiger partial charge in [0.15, 0.2) is 5.12 Å². The van der Waals surface area contributed by atoms with E-state index < -0.39 is 0 Å². The van der Waals surface area contributed by atoms with Gasteiger partial charge in [0, 0.05) is 20.5 Å². The van der Waals surface area contributed by atoms with Gasteiger partial charge in [0.25, 0.3) is 0 Å². The van der Waals surface area contributed by atoms with Gasteiger partial charge in [0.05, 0.1) is 0 Å². The van der Waals surface area contributed by atoms with Gasteiger partial charge in [-0.3, -0.25) is 4.79 Å². The molecule has 0 atom stereocenters. The number of hydrogen-bond donors (Lipinski definition) is 0. The average molecular weight is 388 g/mol. The quantitative estimate of drug-likeness (QED) is 0.204. The van der Waals surface area contributed by atoms with Gasteiger partial charge >= 0.3 is 0 Å². The lowest BCUT2D eigenvalue weighted by Crippen LogP contribution is -2.17. The van der Waals surface area contributed by atoms with Crippen molar-refractivity contribution in [3.63, 3.8) is 0 Å². The first-order chi connectivity index (χ1) is 12.1. The van der Waals surface area contributed by atoms with Crippen LogP contribution in [0.2, 0.25) is 0 Å². The Bertz CT molecular complexity index is 332.